The summed E-state index contributed by atoms with van der Waals surface area (Å²) in [6, 6.07) is 7.04. The van der Waals surface area contributed by atoms with E-state index in [2.05, 4.69) is 0 Å². The van der Waals surface area contributed by atoms with E-state index in [1.54, 1.807) is 25.3 Å². The van der Waals surface area contributed by atoms with Crippen molar-refractivity contribution in [1.82, 2.24) is 4.90 Å². The summed E-state index contributed by atoms with van der Waals surface area (Å²) in [7, 11) is 1.57. The van der Waals surface area contributed by atoms with E-state index in [0.29, 0.717) is 25.4 Å². The van der Waals surface area contributed by atoms with Crippen LogP contribution >= 0.6 is 0 Å². The predicted octanol–water partition coefficient (Wildman–Crippen LogP) is 1.49. The van der Waals surface area contributed by atoms with E-state index >= 15 is 0 Å². The molecule has 1 aliphatic rings. The molecule has 0 bridgehead atoms. The van der Waals surface area contributed by atoms with Gasteiger partial charge in [0.25, 0.3) is 0 Å². The largest absolute Gasteiger partial charge is 0.508 e. The molecule has 1 fully saturated rings. The molecule has 0 aromatic heterocycles. The van der Waals surface area contributed by atoms with E-state index < -0.39 is 0 Å². The minimum Gasteiger partial charge on any atom is -0.508 e. The number of nitrogens with two attached hydrogens (primary N) is 1. The van der Waals surface area contributed by atoms with Gasteiger partial charge < -0.3 is 20.5 Å². The molecule has 0 spiro atoms. The molecule has 0 aliphatic heterocycles. The Morgan fingerprint density at radius 3 is 2.86 bits per heavy atom. The molecular formula is C16H24N2O3. The summed E-state index contributed by atoms with van der Waals surface area (Å²) in [6.07, 6.45) is 2.45. The number of ether oxygens (including phenoxy) is 1. The summed E-state index contributed by atoms with van der Waals surface area (Å²) in [5.41, 5.74) is 6.52. The number of benzene rings is 1. The third kappa shape index (κ3) is 5.02. The van der Waals surface area contributed by atoms with Gasteiger partial charge in [-0.3, -0.25) is 4.79 Å². The van der Waals surface area contributed by atoms with Crippen LogP contribution in [0.3, 0.4) is 0 Å². The number of methoxy groups -OCH3 is 1. The second-order valence-corrected chi connectivity index (χ2v) is 5.69. The van der Waals surface area contributed by atoms with Gasteiger partial charge in [0.2, 0.25) is 5.91 Å². The lowest BCUT2D eigenvalue weighted by molar-refractivity contribution is -0.134. The normalized spacial score (nSPS) is 15.7. The van der Waals surface area contributed by atoms with Crippen LogP contribution in [0, 0.1) is 5.92 Å². The lowest BCUT2D eigenvalue weighted by Gasteiger charge is -2.25. The predicted molar refractivity (Wildman–Crippen MR) is 80.7 cm³/mol. The number of nitrogens with zero attached hydrogens (tertiary/aromatic N) is 1. The molecule has 5 heteroatoms. The zero-order valence-electron chi connectivity index (χ0n) is 12.5. The monoisotopic (exact) mass is 292 g/mol. The molecule has 1 atom stereocenters. The van der Waals surface area contributed by atoms with Crippen LogP contribution in [0.1, 0.15) is 24.8 Å². The molecule has 1 aromatic carbocycles. The first kappa shape index (κ1) is 15.8. The molecule has 1 aliphatic carbocycles. The highest BCUT2D eigenvalue weighted by Crippen LogP contribution is 2.30. The Balaban J connectivity index is 2.01. The summed E-state index contributed by atoms with van der Waals surface area (Å²) < 4.78 is 5.20. The molecule has 0 radical (unpaired) electrons. The van der Waals surface area contributed by atoms with Crippen LogP contribution in [0.2, 0.25) is 0 Å². The lowest BCUT2D eigenvalue weighted by Crippen LogP contribution is -2.37. The van der Waals surface area contributed by atoms with E-state index in [1.807, 2.05) is 11.0 Å². The Kier molecular flexibility index (Phi) is 5.59. The molecule has 116 valence electrons. The summed E-state index contributed by atoms with van der Waals surface area (Å²) >= 11 is 0. The highest BCUT2D eigenvalue weighted by atomic mass is 16.5. The van der Waals surface area contributed by atoms with Crippen molar-refractivity contribution < 1.29 is 14.6 Å². The van der Waals surface area contributed by atoms with Gasteiger partial charge in [-0.25, -0.2) is 0 Å². The average molecular weight is 292 g/mol. The third-order valence-electron chi connectivity index (χ3n) is 3.81. The maximum atomic E-state index is 12.5. The average Bonchev–Trinajstić information content (AvgIpc) is 3.28. The van der Waals surface area contributed by atoms with Gasteiger partial charge in [-0.05, 0) is 36.5 Å². The minimum atomic E-state index is -0.233. The van der Waals surface area contributed by atoms with Crippen LogP contribution in [0.15, 0.2) is 24.3 Å². The molecule has 0 saturated heterocycles. The van der Waals surface area contributed by atoms with E-state index in [9.17, 15) is 9.90 Å². The van der Waals surface area contributed by atoms with Crippen molar-refractivity contribution in [2.75, 3.05) is 20.2 Å². The Labute approximate surface area is 125 Å². The molecule has 1 aromatic rings. The molecule has 1 saturated carbocycles. The number of rotatable bonds is 8. The van der Waals surface area contributed by atoms with Crippen molar-refractivity contribution in [2.24, 2.45) is 11.7 Å². The lowest BCUT2D eigenvalue weighted by atomic mass is 10.1. The second kappa shape index (κ2) is 7.43. The summed E-state index contributed by atoms with van der Waals surface area (Å²) in [5.74, 6) is 0.899. The van der Waals surface area contributed by atoms with E-state index in [4.69, 9.17) is 10.5 Å². The minimum absolute atomic E-state index is 0.0579. The van der Waals surface area contributed by atoms with Crippen molar-refractivity contribution in [3.8, 4) is 5.75 Å². The van der Waals surface area contributed by atoms with Crippen molar-refractivity contribution >= 4 is 5.91 Å². The van der Waals surface area contributed by atoms with E-state index in [1.165, 1.54) is 12.8 Å². The summed E-state index contributed by atoms with van der Waals surface area (Å²) in [6.45, 7) is 1.63. The number of phenols is 1. The fraction of sp³-hybridized carbons (Fsp3) is 0.562. The van der Waals surface area contributed by atoms with Gasteiger partial charge in [0.15, 0.2) is 0 Å². The summed E-state index contributed by atoms with van der Waals surface area (Å²) in [4.78, 5) is 14.3. The van der Waals surface area contributed by atoms with Gasteiger partial charge in [0.05, 0.1) is 12.5 Å². The number of phenolic OH excluding ortho intramolecular Hbond substituents is 1. The highest BCUT2D eigenvalue weighted by Gasteiger charge is 2.27. The zero-order chi connectivity index (χ0) is 15.2. The molecular weight excluding hydrogens is 268 g/mol. The Morgan fingerprint density at radius 2 is 2.29 bits per heavy atom. The van der Waals surface area contributed by atoms with E-state index in [-0.39, 0.29) is 17.8 Å². The molecule has 1 amide bonds. The third-order valence-corrected chi connectivity index (χ3v) is 3.81. The van der Waals surface area contributed by atoms with Crippen LogP contribution < -0.4 is 5.73 Å². The van der Waals surface area contributed by atoms with Gasteiger partial charge in [-0.1, -0.05) is 12.1 Å². The standard InChI is InChI=1S/C16H24N2O3/c1-21-15(9-17)8-16(20)18(10-12-5-6-12)11-13-3-2-4-14(19)7-13/h2-4,7,12,15,19H,5-6,8-11,17H2,1H3. The molecule has 1 unspecified atom stereocenters. The number of carbonyl (C=O) groups is 1. The Hall–Kier alpha value is -1.59. The summed E-state index contributed by atoms with van der Waals surface area (Å²) in [5, 5.41) is 9.54. The number of amides is 1. The number of hydrogen-bond donors (Lipinski definition) is 2. The van der Waals surface area contributed by atoms with Gasteiger partial charge >= 0.3 is 0 Å². The fourth-order valence-electron chi connectivity index (χ4n) is 2.33. The topological polar surface area (TPSA) is 75.8 Å². The maximum Gasteiger partial charge on any atom is 0.225 e. The van der Waals surface area contributed by atoms with Crippen LogP contribution in [-0.2, 0) is 16.1 Å². The SMILES string of the molecule is COC(CN)CC(=O)N(Cc1cccc(O)c1)CC1CC1. The number of carbonyl (C=O) groups excluding carboxylic acids is 1. The van der Waals surface area contributed by atoms with Gasteiger partial charge in [0, 0.05) is 26.7 Å². The van der Waals surface area contributed by atoms with Gasteiger partial charge in [-0.2, -0.15) is 0 Å². The van der Waals surface area contributed by atoms with Crippen molar-refractivity contribution in [3.05, 3.63) is 29.8 Å². The van der Waals surface area contributed by atoms with Crippen LogP contribution in [-0.4, -0.2) is 42.2 Å². The molecule has 5 nitrogen and oxygen atoms in total. The fourth-order valence-corrected chi connectivity index (χ4v) is 2.33. The Bertz CT molecular complexity index is 470. The Morgan fingerprint density at radius 1 is 1.52 bits per heavy atom. The maximum absolute atomic E-state index is 12.5. The first-order valence-electron chi connectivity index (χ1n) is 7.41. The zero-order valence-corrected chi connectivity index (χ0v) is 12.5. The van der Waals surface area contributed by atoms with Crippen LogP contribution in [0.4, 0.5) is 0 Å². The van der Waals surface area contributed by atoms with Crippen molar-refractivity contribution in [3.63, 3.8) is 0 Å². The second-order valence-electron chi connectivity index (χ2n) is 5.69. The number of aromatic hydroxyl groups is 1. The molecule has 2 rings (SSSR count). The van der Waals surface area contributed by atoms with Crippen LogP contribution in [0.25, 0.3) is 0 Å². The molecule has 21 heavy (non-hydrogen) atoms. The van der Waals surface area contributed by atoms with Crippen LogP contribution in [0.5, 0.6) is 5.75 Å². The molecule has 3 N–H and O–H groups in total. The number of hydrogen-bond acceptors (Lipinski definition) is 4. The first-order valence-corrected chi connectivity index (χ1v) is 7.41. The van der Waals surface area contributed by atoms with Gasteiger partial charge in [0.1, 0.15) is 5.75 Å². The first-order chi connectivity index (χ1) is 10.1. The quantitative estimate of drug-likeness (QED) is 0.761. The smallest absolute Gasteiger partial charge is 0.225 e. The van der Waals surface area contributed by atoms with Gasteiger partial charge in [-0.15, -0.1) is 0 Å². The van der Waals surface area contributed by atoms with Crippen molar-refractivity contribution in [1.29, 1.82) is 0 Å². The molecule has 0 heterocycles. The van der Waals surface area contributed by atoms with E-state index in [0.717, 1.165) is 12.1 Å². The van der Waals surface area contributed by atoms with Crippen molar-refractivity contribution in [2.45, 2.75) is 31.9 Å². The highest BCUT2D eigenvalue weighted by molar-refractivity contribution is 5.76.